The van der Waals surface area contributed by atoms with E-state index in [9.17, 15) is 5.11 Å². The predicted octanol–water partition coefficient (Wildman–Crippen LogP) is 3.05. The summed E-state index contributed by atoms with van der Waals surface area (Å²) in [6.07, 6.45) is 9.01. The normalized spacial score (nSPS) is 21.0. The Hall–Kier alpha value is -0.0800. The van der Waals surface area contributed by atoms with Crippen molar-refractivity contribution in [1.29, 1.82) is 0 Å². The van der Waals surface area contributed by atoms with E-state index < -0.39 is 0 Å². The number of rotatable bonds is 6. The van der Waals surface area contributed by atoms with Crippen molar-refractivity contribution in [2.24, 2.45) is 5.41 Å². The highest BCUT2D eigenvalue weighted by atomic mass is 16.3. The van der Waals surface area contributed by atoms with Gasteiger partial charge in [0.15, 0.2) is 0 Å². The van der Waals surface area contributed by atoms with Crippen molar-refractivity contribution in [2.75, 3.05) is 26.2 Å². The van der Waals surface area contributed by atoms with E-state index in [1.54, 1.807) is 0 Å². The van der Waals surface area contributed by atoms with Gasteiger partial charge in [-0.2, -0.15) is 0 Å². The Kier molecular flexibility index (Phi) is 6.37. The summed E-state index contributed by atoms with van der Waals surface area (Å²) in [4.78, 5) is 2.52. The second-order valence-corrected chi connectivity index (χ2v) is 5.44. The van der Waals surface area contributed by atoms with Gasteiger partial charge in [-0.15, -0.1) is 0 Å². The maximum absolute atomic E-state index is 9.75. The van der Waals surface area contributed by atoms with E-state index in [1.807, 2.05) is 0 Å². The number of aliphatic hydroxyl groups excluding tert-OH is 1. The lowest BCUT2D eigenvalue weighted by Gasteiger charge is -2.36. The summed E-state index contributed by atoms with van der Waals surface area (Å²) < 4.78 is 0. The Bertz CT molecular complexity index is 174. The van der Waals surface area contributed by atoms with Crippen LogP contribution in [0.3, 0.4) is 0 Å². The first-order valence-corrected chi connectivity index (χ1v) is 7.09. The molecule has 2 nitrogen and oxygen atoms in total. The third-order valence-electron chi connectivity index (χ3n) is 4.05. The Morgan fingerprint density at radius 3 is 2.12 bits per heavy atom. The Labute approximate surface area is 101 Å². The molecular formula is C14H29NO. The van der Waals surface area contributed by atoms with Crippen LogP contribution in [0.1, 0.15) is 58.8 Å². The van der Waals surface area contributed by atoms with E-state index in [4.69, 9.17) is 0 Å². The molecule has 0 aromatic heterocycles. The van der Waals surface area contributed by atoms with Crippen LogP contribution in [0, 0.1) is 5.41 Å². The smallest absolute Gasteiger partial charge is 0.0499 e. The maximum atomic E-state index is 9.75. The standard InChI is InChI=1S/C14H29NO/c1-3-11-15(4-2)12-14(13-16)9-7-5-6-8-10-14/h16H,3-13H2,1-2H3. The monoisotopic (exact) mass is 227 g/mol. The van der Waals surface area contributed by atoms with Crippen molar-refractivity contribution in [1.82, 2.24) is 4.90 Å². The molecule has 0 spiro atoms. The summed E-state index contributed by atoms with van der Waals surface area (Å²) in [5.41, 5.74) is 0.210. The van der Waals surface area contributed by atoms with E-state index in [-0.39, 0.29) is 5.41 Å². The first kappa shape index (κ1) is 14.0. The minimum Gasteiger partial charge on any atom is -0.396 e. The Balaban J connectivity index is 2.55. The summed E-state index contributed by atoms with van der Waals surface area (Å²) in [6.45, 7) is 8.26. The molecule has 0 aliphatic heterocycles. The van der Waals surface area contributed by atoms with Gasteiger partial charge in [0.1, 0.15) is 0 Å². The summed E-state index contributed by atoms with van der Waals surface area (Å²) in [5.74, 6) is 0. The fourth-order valence-electron chi connectivity index (χ4n) is 2.98. The van der Waals surface area contributed by atoms with Crippen LogP contribution in [-0.2, 0) is 0 Å². The van der Waals surface area contributed by atoms with Crippen LogP contribution in [0.25, 0.3) is 0 Å². The lowest BCUT2D eigenvalue weighted by atomic mass is 9.80. The van der Waals surface area contributed by atoms with Gasteiger partial charge >= 0.3 is 0 Å². The predicted molar refractivity (Wildman–Crippen MR) is 69.6 cm³/mol. The van der Waals surface area contributed by atoms with E-state index in [2.05, 4.69) is 18.7 Å². The topological polar surface area (TPSA) is 23.5 Å². The molecule has 0 unspecified atom stereocenters. The zero-order valence-electron chi connectivity index (χ0n) is 11.2. The molecule has 0 heterocycles. The largest absolute Gasteiger partial charge is 0.396 e. The van der Waals surface area contributed by atoms with Gasteiger partial charge in [-0.25, -0.2) is 0 Å². The van der Waals surface area contributed by atoms with E-state index in [0.29, 0.717) is 6.61 Å². The lowest BCUT2D eigenvalue weighted by molar-refractivity contribution is 0.0612. The summed E-state index contributed by atoms with van der Waals surface area (Å²) in [7, 11) is 0. The second kappa shape index (κ2) is 7.29. The average molecular weight is 227 g/mol. The quantitative estimate of drug-likeness (QED) is 0.705. The van der Waals surface area contributed by atoms with Crippen molar-refractivity contribution in [2.45, 2.75) is 58.8 Å². The number of nitrogens with zero attached hydrogens (tertiary/aromatic N) is 1. The molecule has 0 aromatic carbocycles. The summed E-state index contributed by atoms with van der Waals surface area (Å²) >= 11 is 0. The molecule has 2 heteroatoms. The van der Waals surface area contributed by atoms with Gasteiger partial charge in [-0.1, -0.05) is 39.5 Å². The molecule has 0 radical (unpaired) electrons. The third-order valence-corrected chi connectivity index (χ3v) is 4.05. The molecule has 1 aliphatic rings. The molecule has 1 aliphatic carbocycles. The lowest BCUT2D eigenvalue weighted by Crippen LogP contribution is -2.40. The van der Waals surface area contributed by atoms with E-state index in [0.717, 1.165) is 13.1 Å². The van der Waals surface area contributed by atoms with E-state index in [1.165, 1.54) is 51.5 Å². The fourth-order valence-corrected chi connectivity index (χ4v) is 2.98. The summed E-state index contributed by atoms with van der Waals surface area (Å²) in [5, 5.41) is 9.75. The highest BCUT2D eigenvalue weighted by molar-refractivity contribution is 4.84. The highest BCUT2D eigenvalue weighted by Gasteiger charge is 2.31. The van der Waals surface area contributed by atoms with Crippen LogP contribution in [0.5, 0.6) is 0 Å². The molecular weight excluding hydrogens is 198 g/mol. The van der Waals surface area contributed by atoms with Gasteiger partial charge in [0.2, 0.25) is 0 Å². The first-order valence-electron chi connectivity index (χ1n) is 7.09. The molecule has 16 heavy (non-hydrogen) atoms. The molecule has 0 aromatic rings. The van der Waals surface area contributed by atoms with Crippen LogP contribution < -0.4 is 0 Å². The number of hydrogen-bond donors (Lipinski definition) is 1. The number of aliphatic hydroxyl groups is 1. The van der Waals surface area contributed by atoms with Gasteiger partial charge in [-0.3, -0.25) is 0 Å². The van der Waals surface area contributed by atoms with Crippen molar-refractivity contribution < 1.29 is 5.11 Å². The molecule has 1 fully saturated rings. The van der Waals surface area contributed by atoms with Crippen LogP contribution >= 0.6 is 0 Å². The van der Waals surface area contributed by atoms with Crippen molar-refractivity contribution in [3.63, 3.8) is 0 Å². The average Bonchev–Trinajstić information content (AvgIpc) is 2.55. The molecule has 96 valence electrons. The van der Waals surface area contributed by atoms with E-state index >= 15 is 0 Å². The van der Waals surface area contributed by atoms with Gasteiger partial charge in [-0.05, 0) is 32.4 Å². The molecule has 0 amide bonds. The van der Waals surface area contributed by atoms with Crippen LogP contribution in [0.4, 0.5) is 0 Å². The first-order chi connectivity index (χ1) is 7.76. The molecule has 0 bridgehead atoms. The van der Waals surface area contributed by atoms with Crippen LogP contribution in [0.2, 0.25) is 0 Å². The van der Waals surface area contributed by atoms with Crippen molar-refractivity contribution in [3.05, 3.63) is 0 Å². The molecule has 1 saturated carbocycles. The van der Waals surface area contributed by atoms with Crippen molar-refractivity contribution in [3.8, 4) is 0 Å². The zero-order chi connectivity index (χ0) is 11.9. The molecule has 1 N–H and O–H groups in total. The minimum absolute atomic E-state index is 0.210. The Morgan fingerprint density at radius 2 is 1.69 bits per heavy atom. The minimum atomic E-state index is 0.210. The third kappa shape index (κ3) is 4.06. The fraction of sp³-hybridized carbons (Fsp3) is 1.00. The summed E-state index contributed by atoms with van der Waals surface area (Å²) in [6, 6.07) is 0. The van der Waals surface area contributed by atoms with Gasteiger partial charge in [0.25, 0.3) is 0 Å². The van der Waals surface area contributed by atoms with Gasteiger partial charge in [0, 0.05) is 18.6 Å². The van der Waals surface area contributed by atoms with Crippen LogP contribution in [-0.4, -0.2) is 36.2 Å². The Morgan fingerprint density at radius 1 is 1.06 bits per heavy atom. The maximum Gasteiger partial charge on any atom is 0.0499 e. The molecule has 1 rings (SSSR count). The molecule has 0 atom stereocenters. The van der Waals surface area contributed by atoms with Gasteiger partial charge in [0.05, 0.1) is 0 Å². The van der Waals surface area contributed by atoms with Crippen molar-refractivity contribution >= 4 is 0 Å². The SMILES string of the molecule is CCCN(CC)CC1(CO)CCCCCC1. The van der Waals surface area contributed by atoms with Gasteiger partial charge < -0.3 is 10.0 Å². The zero-order valence-corrected chi connectivity index (χ0v) is 11.2. The molecule has 0 saturated heterocycles. The second-order valence-electron chi connectivity index (χ2n) is 5.44. The highest BCUT2D eigenvalue weighted by Crippen LogP contribution is 2.35. The van der Waals surface area contributed by atoms with Crippen LogP contribution in [0.15, 0.2) is 0 Å². The number of hydrogen-bond acceptors (Lipinski definition) is 2.